The van der Waals surface area contributed by atoms with Crippen LogP contribution in [0, 0.1) is 0 Å². The van der Waals surface area contributed by atoms with E-state index in [4.69, 9.17) is 0 Å². The van der Waals surface area contributed by atoms with Crippen molar-refractivity contribution in [2.45, 2.75) is 0 Å². The van der Waals surface area contributed by atoms with E-state index in [1.807, 2.05) is 0 Å². The fourth-order valence-corrected chi connectivity index (χ4v) is 8.08. The van der Waals surface area contributed by atoms with E-state index in [9.17, 15) is 0 Å². The first kappa shape index (κ1) is 30.0. The second-order valence-corrected chi connectivity index (χ2v) is 13.3. The van der Waals surface area contributed by atoms with Gasteiger partial charge in [0.25, 0.3) is 0 Å². The summed E-state index contributed by atoms with van der Waals surface area (Å²) in [7, 11) is 0. The largest absolute Gasteiger partial charge is 0.309 e. The molecule has 244 valence electrons. The Morgan fingerprint density at radius 1 is 0.346 bits per heavy atom. The molecular formula is C50H34N2. The van der Waals surface area contributed by atoms with Crippen LogP contribution in [0.5, 0.6) is 0 Å². The van der Waals surface area contributed by atoms with Gasteiger partial charge in [-0.2, -0.15) is 0 Å². The molecule has 0 bridgehead atoms. The number of hydrogen-bond acceptors (Lipinski definition) is 1. The SMILES string of the molecule is c1ccc(N(c2ccc(-c3cccc4ccccc34)cc2-c2cccc3ccccc23)c2cccc3c2c2ccccc2n3-c2ccccc2)cc1. The van der Waals surface area contributed by atoms with Crippen LogP contribution >= 0.6 is 0 Å². The molecule has 1 heterocycles. The molecule has 0 aliphatic carbocycles. The first-order valence-corrected chi connectivity index (χ1v) is 17.9. The molecule has 0 spiro atoms. The highest BCUT2D eigenvalue weighted by molar-refractivity contribution is 6.17. The van der Waals surface area contributed by atoms with Gasteiger partial charge in [-0.3, -0.25) is 0 Å². The van der Waals surface area contributed by atoms with E-state index < -0.39 is 0 Å². The molecule has 1 aromatic heterocycles. The number of nitrogens with zero attached hydrogens (tertiary/aromatic N) is 2. The Morgan fingerprint density at radius 2 is 0.904 bits per heavy atom. The zero-order valence-electron chi connectivity index (χ0n) is 28.5. The van der Waals surface area contributed by atoms with Crippen molar-refractivity contribution in [3.8, 4) is 27.9 Å². The maximum Gasteiger partial charge on any atom is 0.0562 e. The molecule has 2 nitrogen and oxygen atoms in total. The van der Waals surface area contributed by atoms with Crippen molar-refractivity contribution >= 4 is 60.4 Å². The smallest absolute Gasteiger partial charge is 0.0562 e. The molecule has 0 aliphatic rings. The highest BCUT2D eigenvalue weighted by Gasteiger charge is 2.24. The van der Waals surface area contributed by atoms with Gasteiger partial charge in [0.15, 0.2) is 0 Å². The van der Waals surface area contributed by atoms with Crippen molar-refractivity contribution in [3.63, 3.8) is 0 Å². The Kier molecular flexibility index (Phi) is 7.18. The molecule has 52 heavy (non-hydrogen) atoms. The van der Waals surface area contributed by atoms with Crippen LogP contribution < -0.4 is 4.90 Å². The highest BCUT2D eigenvalue weighted by Crippen LogP contribution is 2.48. The topological polar surface area (TPSA) is 8.17 Å². The second kappa shape index (κ2) is 12.5. The summed E-state index contributed by atoms with van der Waals surface area (Å²) < 4.78 is 2.40. The third-order valence-corrected chi connectivity index (χ3v) is 10.4. The van der Waals surface area contributed by atoms with Gasteiger partial charge < -0.3 is 9.47 Å². The zero-order chi connectivity index (χ0) is 34.4. The molecule has 0 unspecified atom stereocenters. The van der Waals surface area contributed by atoms with Gasteiger partial charge in [0.2, 0.25) is 0 Å². The second-order valence-electron chi connectivity index (χ2n) is 13.3. The number of anilines is 3. The van der Waals surface area contributed by atoms with E-state index in [1.54, 1.807) is 0 Å². The van der Waals surface area contributed by atoms with Crippen LogP contribution in [0.15, 0.2) is 206 Å². The Labute approximate surface area is 303 Å². The molecule has 0 amide bonds. The maximum atomic E-state index is 2.47. The average Bonchev–Trinajstić information content (AvgIpc) is 3.56. The van der Waals surface area contributed by atoms with Crippen LogP contribution in [0.25, 0.3) is 71.3 Å². The maximum absolute atomic E-state index is 2.47. The monoisotopic (exact) mass is 662 g/mol. The number of benzene rings is 9. The summed E-state index contributed by atoms with van der Waals surface area (Å²) in [5.41, 5.74) is 11.7. The molecule has 10 rings (SSSR count). The van der Waals surface area contributed by atoms with Crippen LogP contribution in [0.3, 0.4) is 0 Å². The number of rotatable bonds is 6. The molecule has 0 saturated carbocycles. The van der Waals surface area contributed by atoms with Gasteiger partial charge in [0, 0.05) is 27.7 Å². The normalized spacial score (nSPS) is 11.5. The fraction of sp³-hybridized carbons (Fsp3) is 0. The predicted octanol–water partition coefficient (Wildman–Crippen LogP) is 13.9. The lowest BCUT2D eigenvalue weighted by Gasteiger charge is -2.29. The summed E-state index contributed by atoms with van der Waals surface area (Å²) >= 11 is 0. The van der Waals surface area contributed by atoms with E-state index in [0.717, 1.165) is 22.7 Å². The van der Waals surface area contributed by atoms with Crippen LogP contribution in [0.1, 0.15) is 0 Å². The Morgan fingerprint density at radius 3 is 1.65 bits per heavy atom. The fourth-order valence-electron chi connectivity index (χ4n) is 8.08. The van der Waals surface area contributed by atoms with Gasteiger partial charge in [0.1, 0.15) is 0 Å². The molecule has 0 radical (unpaired) electrons. The van der Waals surface area contributed by atoms with E-state index >= 15 is 0 Å². The molecular weight excluding hydrogens is 629 g/mol. The third-order valence-electron chi connectivity index (χ3n) is 10.4. The first-order chi connectivity index (χ1) is 25.8. The minimum Gasteiger partial charge on any atom is -0.309 e. The van der Waals surface area contributed by atoms with Crippen molar-refractivity contribution in [1.29, 1.82) is 0 Å². The van der Waals surface area contributed by atoms with Crippen molar-refractivity contribution < 1.29 is 0 Å². The number of aromatic nitrogens is 1. The molecule has 0 saturated heterocycles. The van der Waals surface area contributed by atoms with Gasteiger partial charge in [-0.25, -0.2) is 0 Å². The first-order valence-electron chi connectivity index (χ1n) is 17.9. The van der Waals surface area contributed by atoms with Crippen molar-refractivity contribution in [3.05, 3.63) is 206 Å². The van der Waals surface area contributed by atoms with Crippen molar-refractivity contribution in [1.82, 2.24) is 4.57 Å². The molecule has 2 heteroatoms. The lowest BCUT2D eigenvalue weighted by molar-refractivity contribution is 1.18. The number of fused-ring (bicyclic) bond motifs is 5. The minimum atomic E-state index is 1.10. The predicted molar refractivity (Wildman–Crippen MR) is 221 cm³/mol. The Balaban J connectivity index is 1.31. The molecule has 0 aliphatic heterocycles. The van der Waals surface area contributed by atoms with Gasteiger partial charge in [-0.15, -0.1) is 0 Å². The van der Waals surface area contributed by atoms with Crippen LogP contribution in [0.2, 0.25) is 0 Å². The van der Waals surface area contributed by atoms with Gasteiger partial charge >= 0.3 is 0 Å². The summed E-state index contributed by atoms with van der Waals surface area (Å²) in [5.74, 6) is 0. The van der Waals surface area contributed by atoms with E-state index in [2.05, 4.69) is 216 Å². The molecule has 9 aromatic carbocycles. The Bertz CT molecular complexity index is 2890. The minimum absolute atomic E-state index is 1.10. The van der Waals surface area contributed by atoms with Crippen LogP contribution in [-0.2, 0) is 0 Å². The van der Waals surface area contributed by atoms with E-state index in [0.29, 0.717) is 0 Å². The van der Waals surface area contributed by atoms with Gasteiger partial charge in [0.05, 0.1) is 22.4 Å². The summed E-state index contributed by atoms with van der Waals surface area (Å²) in [6.45, 7) is 0. The van der Waals surface area contributed by atoms with Gasteiger partial charge in [-0.05, 0) is 92.8 Å². The Hall–Kier alpha value is -6.90. The third kappa shape index (κ3) is 4.88. The molecule has 10 aromatic rings. The zero-order valence-corrected chi connectivity index (χ0v) is 28.5. The van der Waals surface area contributed by atoms with Crippen molar-refractivity contribution in [2.24, 2.45) is 0 Å². The number of para-hydroxylation sites is 3. The van der Waals surface area contributed by atoms with E-state index in [-0.39, 0.29) is 0 Å². The standard InChI is InChI=1S/C50H34N2/c1-3-20-38(21-4-1)51-46-29-12-11-26-44(46)50-48(51)30-15-31-49(50)52(39-22-5-2-6-23-39)47-33-32-37(42-27-13-18-35-16-7-9-24-40(35)42)34-45(47)43-28-14-19-36-17-8-10-25-41(36)43/h1-34H. The molecule has 0 N–H and O–H groups in total. The summed E-state index contributed by atoms with van der Waals surface area (Å²) in [5, 5.41) is 7.38. The van der Waals surface area contributed by atoms with Crippen LogP contribution in [-0.4, -0.2) is 4.57 Å². The van der Waals surface area contributed by atoms with E-state index in [1.165, 1.54) is 65.6 Å². The van der Waals surface area contributed by atoms with Crippen LogP contribution in [0.4, 0.5) is 17.1 Å². The summed E-state index contributed by atoms with van der Waals surface area (Å²) in [4.78, 5) is 2.47. The number of hydrogen-bond donors (Lipinski definition) is 0. The van der Waals surface area contributed by atoms with Gasteiger partial charge in [-0.1, -0.05) is 152 Å². The lowest BCUT2D eigenvalue weighted by atomic mass is 9.91. The molecule has 0 fully saturated rings. The summed E-state index contributed by atoms with van der Waals surface area (Å²) in [6, 6.07) is 74.8. The quantitative estimate of drug-likeness (QED) is 0.172. The lowest BCUT2D eigenvalue weighted by Crippen LogP contribution is -2.12. The molecule has 0 atom stereocenters. The highest BCUT2D eigenvalue weighted by atomic mass is 15.2. The summed E-state index contributed by atoms with van der Waals surface area (Å²) in [6.07, 6.45) is 0. The van der Waals surface area contributed by atoms with Crippen molar-refractivity contribution in [2.75, 3.05) is 4.90 Å². The average molecular weight is 663 g/mol.